The Balaban J connectivity index is 1.33. The summed E-state index contributed by atoms with van der Waals surface area (Å²) in [7, 11) is 0. The fourth-order valence-corrected chi connectivity index (χ4v) is 9.56. The number of furan rings is 2. The number of hydrogen-bond acceptors (Lipinski definition) is 5. The third-order valence-corrected chi connectivity index (χ3v) is 12.3. The molecule has 0 aliphatic rings. The third kappa shape index (κ3) is 4.41. The molecule has 4 heterocycles. The van der Waals surface area contributed by atoms with Crippen LogP contribution < -0.4 is 0 Å². The lowest BCUT2D eigenvalue weighted by Crippen LogP contribution is -1.95. The summed E-state index contributed by atoms with van der Waals surface area (Å²) in [5, 5.41) is 9.08. The minimum Gasteiger partial charge on any atom is -0.456 e. The molecule has 0 bridgehead atoms. The number of benzene rings is 7. The number of para-hydroxylation sites is 2. The minimum atomic E-state index is 0.407. The summed E-state index contributed by atoms with van der Waals surface area (Å²) in [4.78, 5) is 13.6. The maximum absolute atomic E-state index is 6.40. The van der Waals surface area contributed by atoms with Gasteiger partial charge in [-0.1, -0.05) is 125 Å². The van der Waals surface area contributed by atoms with Gasteiger partial charge >= 0.3 is 0 Å². The lowest BCUT2D eigenvalue weighted by atomic mass is 9.92. The highest BCUT2D eigenvalue weighted by molar-refractivity contribution is 7.21. The molecule has 0 fully saturated rings. The van der Waals surface area contributed by atoms with E-state index in [1.54, 1.807) is 11.3 Å². The van der Waals surface area contributed by atoms with Crippen molar-refractivity contribution in [3.63, 3.8) is 0 Å². The third-order valence-electron chi connectivity index (χ3n) is 11.0. The monoisotopic (exact) mass is 702 g/mol. The number of aromatic nitrogens is 2. The zero-order valence-electron chi connectivity index (χ0n) is 29.8. The predicted molar refractivity (Wildman–Crippen MR) is 224 cm³/mol. The minimum absolute atomic E-state index is 0.407. The molecule has 11 aromatic rings. The highest BCUT2D eigenvalue weighted by Gasteiger charge is 2.25. The zero-order chi connectivity index (χ0) is 35.5. The summed E-state index contributed by atoms with van der Waals surface area (Å²) in [6.45, 7) is 9.04. The lowest BCUT2D eigenvalue weighted by molar-refractivity contribution is 0.668. The molecule has 0 aliphatic heterocycles. The van der Waals surface area contributed by atoms with E-state index in [1.165, 1.54) is 21.9 Å². The number of hydrogen-bond donors (Lipinski definition) is 0. The molecule has 0 amide bonds. The van der Waals surface area contributed by atoms with Crippen LogP contribution in [0.5, 0.6) is 0 Å². The molecular weight excluding hydrogens is 669 g/mol. The first kappa shape index (κ1) is 30.6. The maximum Gasteiger partial charge on any atom is 0.136 e. The fourth-order valence-electron chi connectivity index (χ4n) is 8.32. The first-order valence-corrected chi connectivity index (χ1v) is 19.2. The Bertz CT molecular complexity index is 3090. The molecule has 0 atom stereocenters. The van der Waals surface area contributed by atoms with Gasteiger partial charge in [-0.25, -0.2) is 9.97 Å². The van der Waals surface area contributed by atoms with Crippen LogP contribution in [0.15, 0.2) is 130 Å². The van der Waals surface area contributed by atoms with E-state index in [-0.39, 0.29) is 0 Å². The van der Waals surface area contributed by atoms with Crippen LogP contribution in [0, 0.1) is 0 Å². The Morgan fingerprint density at radius 3 is 1.30 bits per heavy atom. The molecule has 0 radical (unpaired) electrons. The van der Waals surface area contributed by atoms with E-state index in [0.29, 0.717) is 11.8 Å². The highest BCUT2D eigenvalue weighted by Crippen LogP contribution is 2.50. The van der Waals surface area contributed by atoms with Crippen LogP contribution in [-0.2, 0) is 0 Å². The van der Waals surface area contributed by atoms with Gasteiger partial charge in [-0.2, -0.15) is 0 Å². The van der Waals surface area contributed by atoms with Crippen molar-refractivity contribution in [2.24, 2.45) is 0 Å². The van der Waals surface area contributed by atoms with Gasteiger partial charge in [-0.05, 0) is 58.0 Å². The van der Waals surface area contributed by atoms with Gasteiger partial charge in [0.15, 0.2) is 0 Å². The molecule has 53 heavy (non-hydrogen) atoms. The summed E-state index contributed by atoms with van der Waals surface area (Å²) in [6, 6.07) is 43.1. The van der Waals surface area contributed by atoms with E-state index in [2.05, 4.69) is 125 Å². The molecule has 0 spiro atoms. The largest absolute Gasteiger partial charge is 0.456 e. The van der Waals surface area contributed by atoms with E-state index >= 15 is 0 Å². The molecule has 4 aromatic heterocycles. The molecule has 5 heteroatoms. The Kier molecular flexibility index (Phi) is 6.48. The molecule has 0 saturated heterocycles. The van der Waals surface area contributed by atoms with Gasteiger partial charge < -0.3 is 8.83 Å². The van der Waals surface area contributed by atoms with Crippen LogP contribution in [-0.4, -0.2) is 9.97 Å². The van der Waals surface area contributed by atoms with Crippen LogP contribution in [0.3, 0.4) is 0 Å². The SMILES string of the molecule is CC(C)c1ccc2c(c1)c1cc(C(C)C)ccc1c1nc3c(-c4cccc5oc6ccccc6c45)sc(-c4cccc5oc6ccccc6c45)c3nc21. The molecule has 0 saturated carbocycles. The van der Waals surface area contributed by atoms with Crippen molar-refractivity contribution in [3.05, 3.63) is 132 Å². The number of fused-ring (bicyclic) bond motifs is 13. The van der Waals surface area contributed by atoms with Crippen LogP contribution in [0.4, 0.5) is 0 Å². The second kappa shape index (κ2) is 11.2. The maximum atomic E-state index is 6.40. The zero-order valence-corrected chi connectivity index (χ0v) is 30.6. The predicted octanol–water partition coefficient (Wildman–Crippen LogP) is 14.5. The van der Waals surface area contributed by atoms with Crippen LogP contribution in [0.25, 0.3) is 108 Å². The number of nitrogens with zero attached hydrogens (tertiary/aromatic N) is 2. The Morgan fingerprint density at radius 2 is 0.849 bits per heavy atom. The van der Waals surface area contributed by atoms with E-state index in [1.807, 2.05) is 24.3 Å². The van der Waals surface area contributed by atoms with Gasteiger partial charge in [-0.3, -0.25) is 0 Å². The van der Waals surface area contributed by atoms with Gasteiger partial charge in [-0.15, -0.1) is 11.3 Å². The fraction of sp³-hybridized carbons (Fsp3) is 0.125. The normalized spacial score (nSPS) is 12.5. The van der Waals surface area contributed by atoms with E-state index in [4.69, 9.17) is 18.8 Å². The Hall–Kier alpha value is -6.04. The molecule has 11 rings (SSSR count). The van der Waals surface area contributed by atoms with Crippen LogP contribution >= 0.6 is 11.3 Å². The van der Waals surface area contributed by atoms with Crippen molar-refractivity contribution in [3.8, 4) is 20.9 Å². The highest BCUT2D eigenvalue weighted by atomic mass is 32.1. The van der Waals surface area contributed by atoms with Gasteiger partial charge in [0.25, 0.3) is 0 Å². The molecule has 0 N–H and O–H groups in total. The molecule has 7 aromatic carbocycles. The Morgan fingerprint density at radius 1 is 0.415 bits per heavy atom. The van der Waals surface area contributed by atoms with Gasteiger partial charge in [0.05, 0.1) is 20.8 Å². The smallest absolute Gasteiger partial charge is 0.136 e. The second-order valence-corrected chi connectivity index (χ2v) is 15.9. The summed E-state index contributed by atoms with van der Waals surface area (Å²) >= 11 is 1.76. The van der Waals surface area contributed by atoms with E-state index < -0.39 is 0 Å². The van der Waals surface area contributed by atoms with Crippen molar-refractivity contribution in [2.45, 2.75) is 39.5 Å². The van der Waals surface area contributed by atoms with Gasteiger partial charge in [0.2, 0.25) is 0 Å². The van der Waals surface area contributed by atoms with Crippen molar-refractivity contribution < 1.29 is 8.83 Å². The first-order chi connectivity index (χ1) is 25.9. The number of thiophene rings is 1. The van der Waals surface area contributed by atoms with E-state index in [9.17, 15) is 0 Å². The van der Waals surface area contributed by atoms with Crippen molar-refractivity contribution in [1.29, 1.82) is 0 Å². The standard InChI is InChI=1S/C48H34N2O2S/c1-25(2)27-19-21-29-35(23-27)36-24-28(26(3)4)20-22-30(36)44-43(29)49-45-46(50-44)48(34-14-10-18-40-42(34)32-12-6-8-16-38(32)52-40)53-47(45)33-13-9-17-39-41(33)31-11-5-7-15-37(31)51-39/h5-26H,1-4H3. The van der Waals surface area contributed by atoms with Crippen molar-refractivity contribution in [2.75, 3.05) is 0 Å². The van der Waals surface area contributed by atoms with Crippen LogP contribution in [0.1, 0.15) is 50.7 Å². The quantitative estimate of drug-likeness (QED) is 0.171. The summed E-state index contributed by atoms with van der Waals surface area (Å²) < 4.78 is 12.8. The van der Waals surface area contributed by atoms with E-state index in [0.717, 1.165) is 97.6 Å². The molecule has 0 unspecified atom stereocenters. The topological polar surface area (TPSA) is 52.1 Å². The molecular formula is C48H34N2O2S. The first-order valence-electron chi connectivity index (χ1n) is 18.4. The second-order valence-electron chi connectivity index (χ2n) is 14.9. The van der Waals surface area contributed by atoms with Crippen LogP contribution in [0.2, 0.25) is 0 Å². The average molecular weight is 703 g/mol. The average Bonchev–Trinajstić information content (AvgIpc) is 3.88. The van der Waals surface area contributed by atoms with Crippen molar-refractivity contribution >= 4 is 98.8 Å². The Labute approximate surface area is 309 Å². The number of rotatable bonds is 4. The van der Waals surface area contributed by atoms with Crippen molar-refractivity contribution in [1.82, 2.24) is 9.97 Å². The molecule has 4 nitrogen and oxygen atoms in total. The lowest BCUT2D eigenvalue weighted by Gasteiger charge is -2.15. The summed E-state index contributed by atoms with van der Waals surface area (Å²) in [6.07, 6.45) is 0. The van der Waals surface area contributed by atoms with Gasteiger partial charge in [0, 0.05) is 43.4 Å². The molecule has 254 valence electrons. The summed E-state index contributed by atoms with van der Waals surface area (Å²) in [5.74, 6) is 0.815. The van der Waals surface area contributed by atoms with Gasteiger partial charge in [0.1, 0.15) is 33.4 Å². The molecule has 0 aliphatic carbocycles. The summed E-state index contributed by atoms with van der Waals surface area (Å²) in [5.41, 5.74) is 12.0.